The second-order valence-electron chi connectivity index (χ2n) is 6.33. The largest absolute Gasteiger partial charge is 0.478 e. The summed E-state index contributed by atoms with van der Waals surface area (Å²) in [6.07, 6.45) is 2.01. The lowest BCUT2D eigenvalue weighted by molar-refractivity contribution is 0.0696. The molecule has 0 aliphatic carbocycles. The fraction of sp³-hybridized carbons (Fsp3) is 0.190. The number of aromatic carboxylic acids is 1. The summed E-state index contributed by atoms with van der Waals surface area (Å²) in [5, 5.41) is 12.5. The second-order valence-corrected chi connectivity index (χ2v) is 6.33. The van der Waals surface area contributed by atoms with E-state index in [1.165, 1.54) is 0 Å². The third-order valence-corrected chi connectivity index (χ3v) is 4.36. The van der Waals surface area contributed by atoms with Crippen molar-refractivity contribution in [1.82, 2.24) is 9.97 Å². The van der Waals surface area contributed by atoms with E-state index in [0.29, 0.717) is 12.5 Å². The van der Waals surface area contributed by atoms with Crippen molar-refractivity contribution in [3.63, 3.8) is 0 Å². The lowest BCUT2D eigenvalue weighted by Gasteiger charge is -2.19. The van der Waals surface area contributed by atoms with E-state index < -0.39 is 12.2 Å². The van der Waals surface area contributed by atoms with Gasteiger partial charge in [-0.05, 0) is 24.6 Å². The molecule has 4 rings (SSSR count). The highest BCUT2D eigenvalue weighted by Crippen LogP contribution is 2.40. The van der Waals surface area contributed by atoms with Crippen LogP contribution in [0.2, 0.25) is 0 Å². The van der Waals surface area contributed by atoms with Gasteiger partial charge in [0.15, 0.2) is 6.23 Å². The van der Waals surface area contributed by atoms with Crippen molar-refractivity contribution in [2.24, 2.45) is 0 Å². The summed E-state index contributed by atoms with van der Waals surface area (Å²) in [6, 6.07) is 14.6. The van der Waals surface area contributed by atoms with Gasteiger partial charge in [-0.25, -0.2) is 9.78 Å². The summed E-state index contributed by atoms with van der Waals surface area (Å²) in [5.74, 6) is -0.562. The molecule has 0 spiro atoms. The van der Waals surface area contributed by atoms with Crippen molar-refractivity contribution in [2.45, 2.75) is 19.6 Å². The molecule has 2 heterocycles. The van der Waals surface area contributed by atoms with Crippen molar-refractivity contribution in [3.05, 3.63) is 65.9 Å². The third-order valence-electron chi connectivity index (χ3n) is 4.36. The molecule has 28 heavy (non-hydrogen) atoms. The molecule has 3 aromatic rings. The first-order valence-electron chi connectivity index (χ1n) is 9.01. The van der Waals surface area contributed by atoms with Crippen LogP contribution in [0.25, 0.3) is 11.1 Å². The molecule has 0 saturated carbocycles. The van der Waals surface area contributed by atoms with E-state index in [1.54, 1.807) is 30.5 Å². The van der Waals surface area contributed by atoms with Crippen molar-refractivity contribution < 1.29 is 19.4 Å². The van der Waals surface area contributed by atoms with Gasteiger partial charge in [0.05, 0.1) is 17.7 Å². The van der Waals surface area contributed by atoms with Crippen LogP contribution < -0.4 is 14.8 Å². The molecule has 1 aliphatic heterocycles. The van der Waals surface area contributed by atoms with Crippen LogP contribution in [0, 0.1) is 0 Å². The Bertz CT molecular complexity index is 1000. The normalized spacial score (nSPS) is 14.7. The van der Waals surface area contributed by atoms with Gasteiger partial charge < -0.3 is 19.9 Å². The lowest BCUT2D eigenvalue weighted by atomic mass is 10.1. The van der Waals surface area contributed by atoms with E-state index >= 15 is 0 Å². The number of benzene rings is 2. The van der Waals surface area contributed by atoms with Gasteiger partial charge in [-0.1, -0.05) is 37.3 Å². The molecule has 2 aromatic carbocycles. The first kappa shape index (κ1) is 17.8. The minimum atomic E-state index is -0.970. The molecule has 0 saturated heterocycles. The van der Waals surface area contributed by atoms with Gasteiger partial charge in [-0.2, -0.15) is 4.98 Å². The van der Waals surface area contributed by atoms with Crippen LogP contribution in [-0.2, 0) is 0 Å². The number of hydrogen-bond acceptors (Lipinski definition) is 6. The SMILES string of the molecule is CCCOc1ncc2c(n1)OC(c1ccc(C(=O)O)cc1)Nc1ccccc1-2. The summed E-state index contributed by atoms with van der Waals surface area (Å²) in [5.41, 5.74) is 3.55. The average Bonchev–Trinajstić information content (AvgIpc) is 2.88. The predicted molar refractivity (Wildman–Crippen MR) is 104 cm³/mol. The Labute approximate surface area is 162 Å². The Morgan fingerprint density at radius 3 is 2.71 bits per heavy atom. The molecule has 1 aliphatic rings. The maximum absolute atomic E-state index is 11.1. The number of hydrogen-bond donors (Lipinski definition) is 2. The van der Waals surface area contributed by atoms with E-state index in [-0.39, 0.29) is 11.6 Å². The van der Waals surface area contributed by atoms with Gasteiger partial charge >= 0.3 is 12.0 Å². The van der Waals surface area contributed by atoms with Crippen LogP contribution in [0.3, 0.4) is 0 Å². The minimum absolute atomic E-state index is 0.218. The van der Waals surface area contributed by atoms with Gasteiger partial charge in [0.25, 0.3) is 0 Å². The fourth-order valence-electron chi connectivity index (χ4n) is 2.97. The van der Waals surface area contributed by atoms with Gasteiger partial charge in [-0.3, -0.25) is 0 Å². The van der Waals surface area contributed by atoms with Crippen LogP contribution in [0.15, 0.2) is 54.7 Å². The quantitative estimate of drug-likeness (QED) is 0.690. The highest BCUT2D eigenvalue weighted by molar-refractivity contribution is 5.87. The first-order valence-corrected chi connectivity index (χ1v) is 9.01. The highest BCUT2D eigenvalue weighted by atomic mass is 16.5. The van der Waals surface area contributed by atoms with E-state index in [0.717, 1.165) is 28.8 Å². The van der Waals surface area contributed by atoms with E-state index in [9.17, 15) is 4.79 Å². The maximum Gasteiger partial charge on any atom is 0.335 e. The Morgan fingerprint density at radius 1 is 1.18 bits per heavy atom. The van der Waals surface area contributed by atoms with Gasteiger partial charge in [-0.15, -0.1) is 0 Å². The summed E-state index contributed by atoms with van der Waals surface area (Å²) in [7, 11) is 0. The number of ether oxygens (including phenoxy) is 2. The molecular weight excluding hydrogens is 358 g/mol. The number of fused-ring (bicyclic) bond motifs is 3. The Balaban J connectivity index is 1.75. The average molecular weight is 377 g/mol. The smallest absolute Gasteiger partial charge is 0.335 e. The number of nitrogens with zero attached hydrogens (tertiary/aromatic N) is 2. The Hall–Kier alpha value is -3.61. The molecule has 0 radical (unpaired) electrons. The predicted octanol–water partition coefficient (Wildman–Crippen LogP) is 4.13. The molecule has 0 bridgehead atoms. The molecule has 1 unspecified atom stereocenters. The molecule has 1 aromatic heterocycles. The summed E-state index contributed by atoms with van der Waals surface area (Å²) in [6.45, 7) is 2.53. The van der Waals surface area contributed by atoms with Crippen molar-refractivity contribution >= 4 is 11.7 Å². The standard InChI is InChI=1S/C21H19N3O4/c1-2-11-27-21-22-12-16-15-5-3-4-6-17(15)23-18(28-19(16)24-21)13-7-9-14(10-8-13)20(25)26/h3-10,12,18,23H,2,11H2,1H3,(H,25,26). The molecule has 1 atom stereocenters. The molecular formula is C21H19N3O4. The van der Waals surface area contributed by atoms with E-state index in [4.69, 9.17) is 14.6 Å². The van der Waals surface area contributed by atoms with Gasteiger partial charge in [0.1, 0.15) is 0 Å². The third kappa shape index (κ3) is 3.46. The van der Waals surface area contributed by atoms with Crippen LogP contribution in [0.1, 0.15) is 35.5 Å². The number of nitrogens with one attached hydrogen (secondary N) is 1. The van der Waals surface area contributed by atoms with Crippen LogP contribution in [-0.4, -0.2) is 27.7 Å². The summed E-state index contributed by atoms with van der Waals surface area (Å²) < 4.78 is 11.7. The van der Waals surface area contributed by atoms with Crippen LogP contribution in [0.4, 0.5) is 5.69 Å². The molecule has 2 N–H and O–H groups in total. The molecule has 142 valence electrons. The van der Waals surface area contributed by atoms with Crippen LogP contribution in [0.5, 0.6) is 11.9 Å². The zero-order valence-electron chi connectivity index (χ0n) is 15.3. The van der Waals surface area contributed by atoms with Crippen molar-refractivity contribution in [2.75, 3.05) is 11.9 Å². The van der Waals surface area contributed by atoms with Gasteiger partial charge in [0.2, 0.25) is 5.88 Å². The maximum atomic E-state index is 11.1. The number of para-hydroxylation sites is 1. The zero-order valence-corrected chi connectivity index (χ0v) is 15.3. The monoisotopic (exact) mass is 377 g/mol. The number of aromatic nitrogens is 2. The topological polar surface area (TPSA) is 93.6 Å². The Morgan fingerprint density at radius 2 is 1.96 bits per heavy atom. The molecule has 0 amide bonds. The summed E-state index contributed by atoms with van der Waals surface area (Å²) in [4.78, 5) is 19.9. The minimum Gasteiger partial charge on any atom is -0.478 e. The van der Waals surface area contributed by atoms with Crippen molar-refractivity contribution in [1.29, 1.82) is 0 Å². The number of carboxylic acid groups (broad SMARTS) is 1. The van der Waals surface area contributed by atoms with E-state index in [2.05, 4.69) is 15.3 Å². The molecule has 7 nitrogen and oxygen atoms in total. The summed E-state index contributed by atoms with van der Waals surface area (Å²) >= 11 is 0. The first-order chi connectivity index (χ1) is 13.7. The number of anilines is 1. The van der Waals surface area contributed by atoms with Gasteiger partial charge in [0, 0.05) is 23.0 Å². The number of carbonyl (C=O) groups is 1. The fourth-order valence-corrected chi connectivity index (χ4v) is 2.97. The molecule has 0 fully saturated rings. The molecule has 7 heteroatoms. The van der Waals surface area contributed by atoms with E-state index in [1.807, 2.05) is 31.2 Å². The number of rotatable bonds is 5. The van der Waals surface area contributed by atoms with Crippen LogP contribution >= 0.6 is 0 Å². The highest BCUT2D eigenvalue weighted by Gasteiger charge is 2.25. The lowest BCUT2D eigenvalue weighted by Crippen LogP contribution is -2.17. The second kappa shape index (κ2) is 7.56. The van der Waals surface area contributed by atoms with Crippen molar-refractivity contribution in [3.8, 4) is 23.0 Å². The zero-order chi connectivity index (χ0) is 19.5. The number of carboxylic acids is 1. The Kier molecular flexibility index (Phi) is 4.80.